The number of carbonyl (C=O) groups excluding carboxylic acids is 1. The van der Waals surface area contributed by atoms with Gasteiger partial charge in [-0.1, -0.05) is 12.1 Å². The number of H-pyrrole nitrogens is 1. The fourth-order valence-corrected chi connectivity index (χ4v) is 3.91. The van der Waals surface area contributed by atoms with Gasteiger partial charge in [0, 0.05) is 32.1 Å². The van der Waals surface area contributed by atoms with Crippen LogP contribution in [0.1, 0.15) is 48.1 Å². The molecule has 0 bridgehead atoms. The maximum Gasteiger partial charge on any atom is 0.279 e. The molecule has 1 aromatic carbocycles. The highest BCUT2D eigenvalue weighted by Crippen LogP contribution is 2.34. The van der Waals surface area contributed by atoms with E-state index in [2.05, 4.69) is 28.2 Å². The number of fused-ring (bicyclic) bond motifs is 2. The molecule has 0 unspecified atom stereocenters. The van der Waals surface area contributed by atoms with Crippen molar-refractivity contribution in [3.8, 4) is 0 Å². The van der Waals surface area contributed by atoms with Crippen molar-refractivity contribution in [2.24, 2.45) is 0 Å². The van der Waals surface area contributed by atoms with Crippen LogP contribution in [-0.4, -0.2) is 42.3 Å². The molecule has 2 aliphatic heterocycles. The largest absolute Gasteiger partial charge is 0.373 e. The van der Waals surface area contributed by atoms with Crippen LogP contribution in [0.5, 0.6) is 0 Å². The molecule has 0 spiro atoms. The summed E-state index contributed by atoms with van der Waals surface area (Å²) in [7, 11) is 2.07. The van der Waals surface area contributed by atoms with Crippen molar-refractivity contribution in [1.82, 2.24) is 10.2 Å². The number of hydrogen-bond acceptors (Lipinski definition) is 4. The standard InChI is InChI=1S/C19H24N4O2/c1-12-11-14-17(13(2)25-12)20-21-18(14)19(24)23-10-6-9-22(3)15-7-4-5-8-16(15)23/h4-5,7-8,12-13H,6,9-11H2,1-3H3,(H,20,21)/t12-,13+/m1/s1. The van der Waals surface area contributed by atoms with E-state index in [1.165, 1.54) is 0 Å². The normalized spacial score (nSPS) is 23.0. The zero-order chi connectivity index (χ0) is 17.6. The van der Waals surface area contributed by atoms with Gasteiger partial charge in [-0.3, -0.25) is 9.89 Å². The first-order valence-corrected chi connectivity index (χ1v) is 8.91. The van der Waals surface area contributed by atoms with Crippen molar-refractivity contribution in [1.29, 1.82) is 0 Å². The Hall–Kier alpha value is -2.34. The van der Waals surface area contributed by atoms with Gasteiger partial charge in [-0.25, -0.2) is 0 Å². The highest BCUT2D eigenvalue weighted by molar-refractivity contribution is 6.07. The molecule has 4 rings (SSSR count). The number of anilines is 2. The summed E-state index contributed by atoms with van der Waals surface area (Å²) >= 11 is 0. The van der Waals surface area contributed by atoms with E-state index in [1.807, 2.05) is 36.9 Å². The van der Waals surface area contributed by atoms with Crippen molar-refractivity contribution in [2.45, 2.75) is 38.9 Å². The number of amides is 1. The molecule has 1 aromatic heterocycles. The van der Waals surface area contributed by atoms with Crippen LogP contribution in [0.4, 0.5) is 11.4 Å². The summed E-state index contributed by atoms with van der Waals surface area (Å²) in [5.74, 6) is -0.0263. The molecule has 0 fully saturated rings. The van der Waals surface area contributed by atoms with Crippen LogP contribution in [0.2, 0.25) is 0 Å². The van der Waals surface area contributed by atoms with E-state index < -0.39 is 0 Å². The van der Waals surface area contributed by atoms with Crippen molar-refractivity contribution < 1.29 is 9.53 Å². The molecule has 6 nitrogen and oxygen atoms in total. The SMILES string of the molecule is C[C@@H]1Cc2c(C(=O)N3CCCN(C)c4ccccc43)n[nH]c2[C@H](C)O1. The van der Waals surface area contributed by atoms with Crippen molar-refractivity contribution in [3.05, 3.63) is 41.2 Å². The summed E-state index contributed by atoms with van der Waals surface area (Å²) in [6, 6.07) is 8.08. The Morgan fingerprint density at radius 1 is 1.24 bits per heavy atom. The van der Waals surface area contributed by atoms with Gasteiger partial charge >= 0.3 is 0 Å². The van der Waals surface area contributed by atoms with Gasteiger partial charge in [0.2, 0.25) is 0 Å². The first-order chi connectivity index (χ1) is 12.1. The van der Waals surface area contributed by atoms with E-state index in [1.54, 1.807) is 0 Å². The van der Waals surface area contributed by atoms with E-state index in [4.69, 9.17) is 4.74 Å². The minimum Gasteiger partial charge on any atom is -0.373 e. The summed E-state index contributed by atoms with van der Waals surface area (Å²) in [6.45, 7) is 5.67. The third-order valence-electron chi connectivity index (χ3n) is 5.14. The Balaban J connectivity index is 1.74. The molecule has 2 atom stereocenters. The minimum absolute atomic E-state index is 0.0263. The van der Waals surface area contributed by atoms with Crippen molar-refractivity contribution in [2.75, 3.05) is 29.9 Å². The number of para-hydroxylation sites is 2. The molecular weight excluding hydrogens is 316 g/mol. The molecule has 0 aliphatic carbocycles. The van der Waals surface area contributed by atoms with E-state index in [0.717, 1.165) is 35.6 Å². The summed E-state index contributed by atoms with van der Waals surface area (Å²) < 4.78 is 5.84. The summed E-state index contributed by atoms with van der Waals surface area (Å²) in [5.41, 5.74) is 4.52. The number of nitrogens with one attached hydrogen (secondary N) is 1. The van der Waals surface area contributed by atoms with Gasteiger partial charge < -0.3 is 14.5 Å². The van der Waals surface area contributed by atoms with Crippen LogP contribution in [-0.2, 0) is 11.2 Å². The Morgan fingerprint density at radius 2 is 2.00 bits per heavy atom. The fourth-order valence-electron chi connectivity index (χ4n) is 3.91. The summed E-state index contributed by atoms with van der Waals surface area (Å²) in [6.07, 6.45) is 1.68. The first kappa shape index (κ1) is 16.1. The summed E-state index contributed by atoms with van der Waals surface area (Å²) in [4.78, 5) is 17.4. The second-order valence-electron chi connectivity index (χ2n) is 6.98. The van der Waals surface area contributed by atoms with Crippen molar-refractivity contribution in [3.63, 3.8) is 0 Å². The predicted molar refractivity (Wildman–Crippen MR) is 97.3 cm³/mol. The Bertz CT molecular complexity index is 800. The van der Waals surface area contributed by atoms with Crippen LogP contribution in [0.25, 0.3) is 0 Å². The lowest BCUT2D eigenvalue weighted by molar-refractivity contribution is -0.00696. The predicted octanol–water partition coefficient (Wildman–Crippen LogP) is 2.92. The lowest BCUT2D eigenvalue weighted by atomic mass is 9.99. The van der Waals surface area contributed by atoms with Gasteiger partial charge in [-0.05, 0) is 32.4 Å². The molecule has 0 radical (unpaired) electrons. The topological polar surface area (TPSA) is 61.5 Å². The number of hydrogen-bond donors (Lipinski definition) is 1. The highest BCUT2D eigenvalue weighted by atomic mass is 16.5. The number of carbonyl (C=O) groups is 1. The van der Waals surface area contributed by atoms with Crippen LogP contribution < -0.4 is 9.80 Å². The molecule has 2 aliphatic rings. The maximum atomic E-state index is 13.4. The molecule has 0 saturated carbocycles. The van der Waals surface area contributed by atoms with E-state index in [0.29, 0.717) is 18.7 Å². The van der Waals surface area contributed by atoms with Crippen LogP contribution >= 0.6 is 0 Å². The van der Waals surface area contributed by atoms with Crippen LogP contribution in [0, 0.1) is 0 Å². The Labute approximate surface area is 147 Å². The zero-order valence-corrected chi connectivity index (χ0v) is 15.0. The number of aromatic nitrogens is 2. The van der Waals surface area contributed by atoms with Gasteiger partial charge in [0.1, 0.15) is 0 Å². The number of rotatable bonds is 1. The number of ether oxygens (including phenoxy) is 1. The number of benzene rings is 1. The lowest BCUT2D eigenvalue weighted by Gasteiger charge is -2.27. The molecule has 25 heavy (non-hydrogen) atoms. The van der Waals surface area contributed by atoms with Crippen LogP contribution in [0.3, 0.4) is 0 Å². The number of nitrogens with zero attached hydrogens (tertiary/aromatic N) is 3. The van der Waals surface area contributed by atoms with E-state index in [-0.39, 0.29) is 18.1 Å². The van der Waals surface area contributed by atoms with Gasteiger partial charge in [-0.15, -0.1) is 0 Å². The zero-order valence-electron chi connectivity index (χ0n) is 15.0. The second-order valence-corrected chi connectivity index (χ2v) is 6.98. The third kappa shape index (κ3) is 2.70. The molecule has 1 amide bonds. The smallest absolute Gasteiger partial charge is 0.279 e. The Morgan fingerprint density at radius 3 is 2.80 bits per heavy atom. The quantitative estimate of drug-likeness (QED) is 0.867. The number of aromatic amines is 1. The van der Waals surface area contributed by atoms with Gasteiger partial charge in [0.05, 0.1) is 29.3 Å². The van der Waals surface area contributed by atoms with Gasteiger partial charge in [0.15, 0.2) is 5.69 Å². The van der Waals surface area contributed by atoms with E-state index in [9.17, 15) is 4.79 Å². The molecule has 132 valence electrons. The van der Waals surface area contributed by atoms with Gasteiger partial charge in [-0.2, -0.15) is 5.10 Å². The average molecular weight is 340 g/mol. The third-order valence-corrected chi connectivity index (χ3v) is 5.14. The minimum atomic E-state index is -0.0599. The molecule has 6 heteroatoms. The van der Waals surface area contributed by atoms with Crippen molar-refractivity contribution >= 4 is 17.3 Å². The molecular formula is C19H24N4O2. The monoisotopic (exact) mass is 340 g/mol. The summed E-state index contributed by atoms with van der Waals surface area (Å²) in [5, 5.41) is 7.40. The van der Waals surface area contributed by atoms with Gasteiger partial charge in [0.25, 0.3) is 5.91 Å². The first-order valence-electron chi connectivity index (χ1n) is 8.91. The second kappa shape index (κ2) is 6.19. The molecule has 0 saturated heterocycles. The molecule has 1 N–H and O–H groups in total. The maximum absolute atomic E-state index is 13.4. The van der Waals surface area contributed by atoms with E-state index >= 15 is 0 Å². The average Bonchev–Trinajstić information content (AvgIpc) is 2.94. The lowest BCUT2D eigenvalue weighted by Crippen LogP contribution is -2.33. The Kier molecular flexibility index (Phi) is 4.00. The van der Waals surface area contributed by atoms with Crippen LogP contribution in [0.15, 0.2) is 24.3 Å². The molecule has 3 heterocycles. The fraction of sp³-hybridized carbons (Fsp3) is 0.474. The molecule has 2 aromatic rings. The highest BCUT2D eigenvalue weighted by Gasteiger charge is 2.33.